The first-order chi connectivity index (χ1) is 9.61. The summed E-state index contributed by atoms with van der Waals surface area (Å²) in [6.07, 6.45) is 5.15. The van der Waals surface area contributed by atoms with E-state index in [9.17, 15) is 9.35 Å². The summed E-state index contributed by atoms with van der Waals surface area (Å²) in [5.41, 5.74) is 1.17. The zero-order valence-electron chi connectivity index (χ0n) is 11.1. The highest BCUT2D eigenvalue weighted by Gasteiger charge is 2.14. The van der Waals surface area contributed by atoms with Gasteiger partial charge in [0.25, 0.3) is 5.56 Å². The second-order valence-corrected chi connectivity index (χ2v) is 5.36. The largest absolute Gasteiger partial charge is 0.612 e. The maximum atomic E-state index is 11.6. The number of nitrogens with zero attached hydrogens (tertiary/aromatic N) is 1. The number of H-pyrrole nitrogens is 1. The quantitative estimate of drug-likeness (QED) is 0.869. The van der Waals surface area contributed by atoms with Crippen LogP contribution in [0, 0.1) is 0 Å². The lowest BCUT2D eigenvalue weighted by Gasteiger charge is -2.11. The smallest absolute Gasteiger partial charge is 0.264 e. The van der Waals surface area contributed by atoms with Crippen molar-refractivity contribution in [1.29, 1.82) is 0 Å². The maximum Gasteiger partial charge on any atom is 0.264 e. The first-order valence-electron chi connectivity index (χ1n) is 5.86. The molecule has 104 valence electrons. The van der Waals surface area contributed by atoms with Gasteiger partial charge in [-0.05, 0) is 35.5 Å². The molecule has 1 aromatic carbocycles. The highest BCUT2D eigenvalue weighted by atomic mass is 32.2. The SMILES string of the molecule is COc1c(/C=C/c2ccc(=O)[nH]n2)cccc1[S+](C)[O-]. The first-order valence-corrected chi connectivity index (χ1v) is 7.42. The topological polar surface area (TPSA) is 78.0 Å². The van der Waals surface area contributed by atoms with Crippen molar-refractivity contribution in [2.45, 2.75) is 4.90 Å². The molecule has 6 heteroatoms. The highest BCUT2D eigenvalue weighted by Crippen LogP contribution is 2.29. The van der Waals surface area contributed by atoms with Gasteiger partial charge in [0.1, 0.15) is 6.26 Å². The number of hydrogen-bond donors (Lipinski definition) is 1. The fourth-order valence-corrected chi connectivity index (χ4v) is 2.46. The third kappa shape index (κ3) is 3.28. The predicted octanol–water partition coefficient (Wildman–Crippen LogP) is 1.69. The molecule has 1 aromatic heterocycles. The van der Waals surface area contributed by atoms with Crippen LogP contribution < -0.4 is 10.3 Å². The van der Waals surface area contributed by atoms with Crippen LogP contribution >= 0.6 is 0 Å². The molecule has 1 N–H and O–H groups in total. The average Bonchev–Trinajstić information content (AvgIpc) is 2.46. The van der Waals surface area contributed by atoms with Crippen molar-refractivity contribution >= 4 is 23.3 Å². The van der Waals surface area contributed by atoms with Crippen molar-refractivity contribution in [3.05, 3.63) is 51.9 Å². The number of rotatable bonds is 4. The van der Waals surface area contributed by atoms with Gasteiger partial charge in [0.15, 0.2) is 10.6 Å². The van der Waals surface area contributed by atoms with Crippen molar-refractivity contribution in [3.63, 3.8) is 0 Å². The molecule has 2 aromatic rings. The van der Waals surface area contributed by atoms with Crippen LogP contribution in [0.25, 0.3) is 12.2 Å². The third-order valence-electron chi connectivity index (χ3n) is 2.66. The molecule has 0 fully saturated rings. The van der Waals surface area contributed by atoms with Crippen LogP contribution in [0.15, 0.2) is 40.0 Å². The lowest BCUT2D eigenvalue weighted by Crippen LogP contribution is -2.05. The van der Waals surface area contributed by atoms with Gasteiger partial charge in [-0.2, -0.15) is 5.10 Å². The van der Waals surface area contributed by atoms with E-state index in [1.807, 2.05) is 12.1 Å². The summed E-state index contributed by atoms with van der Waals surface area (Å²) in [5.74, 6) is 0.578. The van der Waals surface area contributed by atoms with E-state index in [-0.39, 0.29) is 5.56 Å². The van der Waals surface area contributed by atoms with Gasteiger partial charge in [0.2, 0.25) is 0 Å². The lowest BCUT2D eigenvalue weighted by molar-refractivity contribution is 0.402. The number of ether oxygens (including phenoxy) is 1. The summed E-state index contributed by atoms with van der Waals surface area (Å²) in [7, 11) is 1.54. The number of hydrogen-bond acceptors (Lipinski definition) is 4. The molecule has 1 unspecified atom stereocenters. The van der Waals surface area contributed by atoms with E-state index < -0.39 is 11.2 Å². The van der Waals surface area contributed by atoms with E-state index >= 15 is 0 Å². The number of nitrogens with one attached hydrogen (secondary N) is 1. The monoisotopic (exact) mass is 290 g/mol. The predicted molar refractivity (Wildman–Crippen MR) is 79.1 cm³/mol. The molecular weight excluding hydrogens is 276 g/mol. The standard InChI is InChI=1S/C14H14N2O3S/c1-19-14-10(4-3-5-12(14)20(2)18)6-7-11-8-9-13(17)16-15-11/h3-9H,1-2H3,(H,16,17)/b7-6+. The molecule has 5 nitrogen and oxygen atoms in total. The van der Waals surface area contributed by atoms with Gasteiger partial charge in [-0.1, -0.05) is 12.1 Å². The normalized spacial score (nSPS) is 12.6. The van der Waals surface area contributed by atoms with Gasteiger partial charge in [-0.25, -0.2) is 5.10 Å². The van der Waals surface area contributed by atoms with Gasteiger partial charge >= 0.3 is 0 Å². The molecule has 20 heavy (non-hydrogen) atoms. The van der Waals surface area contributed by atoms with Crippen LogP contribution in [0.3, 0.4) is 0 Å². The third-order valence-corrected chi connectivity index (χ3v) is 3.60. The Bertz CT molecular complexity index is 660. The molecule has 1 atom stereocenters. The Hall–Kier alpha value is -2.05. The minimum Gasteiger partial charge on any atom is -0.612 e. The van der Waals surface area contributed by atoms with E-state index in [4.69, 9.17) is 4.74 Å². The van der Waals surface area contributed by atoms with Gasteiger partial charge in [-0.15, -0.1) is 0 Å². The number of aromatic nitrogens is 2. The van der Waals surface area contributed by atoms with Crippen molar-refractivity contribution < 1.29 is 9.29 Å². The Balaban J connectivity index is 2.35. The van der Waals surface area contributed by atoms with Crippen LogP contribution in [-0.2, 0) is 11.2 Å². The number of aromatic amines is 1. The van der Waals surface area contributed by atoms with Gasteiger partial charge in [0.05, 0.1) is 12.8 Å². The summed E-state index contributed by atoms with van der Waals surface area (Å²) in [6, 6.07) is 8.46. The molecule has 2 rings (SSSR count). The molecule has 0 aliphatic heterocycles. The minimum absolute atomic E-state index is 0.247. The van der Waals surface area contributed by atoms with Crippen molar-refractivity contribution in [2.75, 3.05) is 13.4 Å². The average molecular weight is 290 g/mol. The molecule has 0 radical (unpaired) electrons. The van der Waals surface area contributed by atoms with Crippen LogP contribution in [-0.4, -0.2) is 28.1 Å². The summed E-state index contributed by atoms with van der Waals surface area (Å²) >= 11 is -1.12. The Morgan fingerprint density at radius 3 is 2.70 bits per heavy atom. The molecule has 0 aliphatic carbocycles. The van der Waals surface area contributed by atoms with Gasteiger partial charge < -0.3 is 9.29 Å². The fourth-order valence-electron chi connectivity index (χ4n) is 1.73. The molecule has 0 bridgehead atoms. The molecule has 0 saturated carbocycles. The van der Waals surface area contributed by atoms with E-state index in [0.29, 0.717) is 16.3 Å². The maximum absolute atomic E-state index is 11.6. The Morgan fingerprint density at radius 1 is 1.30 bits per heavy atom. The molecule has 0 saturated heterocycles. The van der Waals surface area contributed by atoms with Crippen molar-refractivity contribution in [3.8, 4) is 5.75 Å². The van der Waals surface area contributed by atoms with E-state index in [0.717, 1.165) is 5.56 Å². The Labute approximate surface area is 119 Å². The Kier molecular flexibility index (Phi) is 4.60. The minimum atomic E-state index is -1.12. The zero-order valence-corrected chi connectivity index (χ0v) is 11.9. The number of para-hydroxylation sites is 1. The lowest BCUT2D eigenvalue weighted by atomic mass is 10.1. The van der Waals surface area contributed by atoms with Crippen LogP contribution in [0.4, 0.5) is 0 Å². The van der Waals surface area contributed by atoms with Crippen molar-refractivity contribution in [2.24, 2.45) is 0 Å². The van der Waals surface area contributed by atoms with E-state index in [2.05, 4.69) is 10.2 Å². The second-order valence-electron chi connectivity index (χ2n) is 4.01. The fraction of sp³-hybridized carbons (Fsp3) is 0.143. The summed E-state index contributed by atoms with van der Waals surface area (Å²) in [4.78, 5) is 11.6. The van der Waals surface area contributed by atoms with Crippen LogP contribution in [0.1, 0.15) is 11.3 Å². The molecule has 0 spiro atoms. The van der Waals surface area contributed by atoms with Gasteiger partial charge in [-0.3, -0.25) is 4.79 Å². The summed E-state index contributed by atoms with van der Waals surface area (Å²) in [5, 5.41) is 6.24. The molecular formula is C14H14N2O3S. The summed E-state index contributed by atoms with van der Waals surface area (Å²) < 4.78 is 17.0. The zero-order chi connectivity index (χ0) is 14.5. The van der Waals surface area contributed by atoms with Crippen molar-refractivity contribution in [1.82, 2.24) is 10.2 Å². The second kappa shape index (κ2) is 6.40. The highest BCUT2D eigenvalue weighted by molar-refractivity contribution is 7.90. The van der Waals surface area contributed by atoms with Gasteiger partial charge in [0, 0.05) is 11.6 Å². The van der Waals surface area contributed by atoms with E-state index in [1.54, 1.807) is 37.7 Å². The first kappa shape index (κ1) is 14.4. The molecule has 0 aliphatic rings. The number of benzene rings is 1. The molecule has 0 amide bonds. The van der Waals surface area contributed by atoms with E-state index in [1.165, 1.54) is 6.07 Å². The Morgan fingerprint density at radius 2 is 2.10 bits per heavy atom. The number of methoxy groups -OCH3 is 1. The van der Waals surface area contributed by atoms with Crippen LogP contribution in [0.5, 0.6) is 5.75 Å². The summed E-state index contributed by atoms with van der Waals surface area (Å²) in [6.45, 7) is 0. The molecule has 1 heterocycles. The van der Waals surface area contributed by atoms with Crippen LogP contribution in [0.2, 0.25) is 0 Å².